The van der Waals surface area contributed by atoms with Crippen LogP contribution < -0.4 is 5.32 Å². The van der Waals surface area contributed by atoms with Crippen LogP contribution in [0.1, 0.15) is 51.8 Å². The van der Waals surface area contributed by atoms with Gasteiger partial charge in [-0.1, -0.05) is 5.16 Å². The van der Waals surface area contributed by atoms with E-state index in [9.17, 15) is 4.79 Å². The molecule has 1 unspecified atom stereocenters. The van der Waals surface area contributed by atoms with Crippen molar-refractivity contribution in [2.75, 3.05) is 0 Å². The number of hydrogen-bond donors (Lipinski definition) is 1. The lowest BCUT2D eigenvalue weighted by Gasteiger charge is -2.14. The molecule has 6 nitrogen and oxygen atoms in total. The van der Waals surface area contributed by atoms with Gasteiger partial charge in [0, 0.05) is 11.3 Å². The molecular weight excluding hydrogens is 294 g/mol. The summed E-state index contributed by atoms with van der Waals surface area (Å²) in [6.07, 6.45) is 0. The summed E-state index contributed by atoms with van der Waals surface area (Å²) in [6.45, 7) is 9.33. The molecule has 23 heavy (non-hydrogen) atoms. The lowest BCUT2D eigenvalue weighted by Crippen LogP contribution is -2.27. The van der Waals surface area contributed by atoms with E-state index in [1.165, 1.54) is 0 Å². The predicted octanol–water partition coefficient (Wildman–Crippen LogP) is 3.54. The number of rotatable bonds is 3. The minimum Gasteiger partial charge on any atom is -0.466 e. The van der Waals surface area contributed by atoms with E-state index in [1.54, 1.807) is 13.0 Å². The van der Waals surface area contributed by atoms with Crippen molar-refractivity contribution in [2.24, 2.45) is 0 Å². The van der Waals surface area contributed by atoms with E-state index in [4.69, 9.17) is 8.94 Å². The Morgan fingerprint density at radius 2 is 1.96 bits per heavy atom. The Labute approximate surface area is 133 Å². The van der Waals surface area contributed by atoms with Crippen LogP contribution in [-0.4, -0.2) is 16.0 Å². The highest BCUT2D eigenvalue weighted by Gasteiger charge is 2.21. The maximum Gasteiger partial charge on any atom is 0.258 e. The molecule has 6 heteroatoms. The summed E-state index contributed by atoms with van der Waals surface area (Å²) in [5.74, 6) is 1.46. The SMILES string of the molecule is Cc1cc(C(=O)NC(C)c2cc(C)oc2C)c2c(C)noc2n1. The van der Waals surface area contributed by atoms with E-state index in [-0.39, 0.29) is 11.9 Å². The summed E-state index contributed by atoms with van der Waals surface area (Å²) in [4.78, 5) is 17.0. The van der Waals surface area contributed by atoms with Crippen molar-refractivity contribution < 1.29 is 13.7 Å². The maximum absolute atomic E-state index is 12.7. The van der Waals surface area contributed by atoms with Crippen LogP contribution in [0.3, 0.4) is 0 Å². The number of pyridine rings is 1. The summed E-state index contributed by atoms with van der Waals surface area (Å²) < 4.78 is 10.7. The van der Waals surface area contributed by atoms with Crippen LogP contribution in [0.4, 0.5) is 0 Å². The van der Waals surface area contributed by atoms with Crippen LogP contribution in [-0.2, 0) is 0 Å². The molecule has 1 amide bonds. The zero-order valence-electron chi connectivity index (χ0n) is 13.9. The van der Waals surface area contributed by atoms with E-state index in [2.05, 4.69) is 15.5 Å². The van der Waals surface area contributed by atoms with Gasteiger partial charge in [-0.15, -0.1) is 0 Å². The van der Waals surface area contributed by atoms with Crippen molar-refractivity contribution >= 4 is 17.0 Å². The fraction of sp³-hybridized carbons (Fsp3) is 0.353. The van der Waals surface area contributed by atoms with Gasteiger partial charge in [-0.25, -0.2) is 4.98 Å². The summed E-state index contributed by atoms with van der Waals surface area (Å²) in [7, 11) is 0. The van der Waals surface area contributed by atoms with E-state index in [0.717, 1.165) is 17.1 Å². The molecule has 0 spiro atoms. The number of aryl methyl sites for hydroxylation is 4. The lowest BCUT2D eigenvalue weighted by molar-refractivity contribution is 0.0941. The van der Waals surface area contributed by atoms with E-state index >= 15 is 0 Å². The first kappa shape index (κ1) is 15.3. The molecule has 0 saturated carbocycles. The molecule has 3 aromatic rings. The highest BCUT2D eigenvalue weighted by Crippen LogP contribution is 2.24. The van der Waals surface area contributed by atoms with Crippen molar-refractivity contribution in [3.05, 3.63) is 46.2 Å². The number of nitrogens with one attached hydrogen (secondary N) is 1. The molecule has 0 aliphatic rings. The minimum absolute atomic E-state index is 0.163. The molecule has 3 heterocycles. The van der Waals surface area contributed by atoms with Crippen molar-refractivity contribution in [1.82, 2.24) is 15.5 Å². The van der Waals surface area contributed by atoms with E-state index in [0.29, 0.717) is 28.1 Å². The van der Waals surface area contributed by atoms with Gasteiger partial charge in [0.05, 0.1) is 22.7 Å². The molecular formula is C17H19N3O3. The normalized spacial score (nSPS) is 12.6. The highest BCUT2D eigenvalue weighted by molar-refractivity contribution is 6.06. The summed E-state index contributed by atoms with van der Waals surface area (Å²) in [6, 6.07) is 3.53. The highest BCUT2D eigenvalue weighted by atomic mass is 16.5. The average Bonchev–Trinajstić information content (AvgIpc) is 3.00. The third kappa shape index (κ3) is 2.72. The molecule has 0 bridgehead atoms. The van der Waals surface area contributed by atoms with Crippen molar-refractivity contribution in [1.29, 1.82) is 0 Å². The fourth-order valence-electron chi connectivity index (χ4n) is 2.83. The molecule has 0 saturated heterocycles. The van der Waals surface area contributed by atoms with Gasteiger partial charge in [0.15, 0.2) is 0 Å². The fourth-order valence-corrected chi connectivity index (χ4v) is 2.83. The smallest absolute Gasteiger partial charge is 0.258 e. The Morgan fingerprint density at radius 1 is 1.22 bits per heavy atom. The third-order valence-electron chi connectivity index (χ3n) is 3.88. The number of aromatic nitrogens is 2. The van der Waals surface area contributed by atoms with Crippen LogP contribution in [0.2, 0.25) is 0 Å². The van der Waals surface area contributed by atoms with Gasteiger partial charge in [-0.2, -0.15) is 0 Å². The quantitative estimate of drug-likeness (QED) is 0.800. The van der Waals surface area contributed by atoms with Crippen LogP contribution in [0, 0.1) is 27.7 Å². The molecule has 1 N–H and O–H groups in total. The maximum atomic E-state index is 12.7. The molecule has 1 atom stereocenters. The van der Waals surface area contributed by atoms with Crippen molar-refractivity contribution in [2.45, 2.75) is 40.7 Å². The van der Waals surface area contributed by atoms with Crippen LogP contribution in [0.5, 0.6) is 0 Å². The van der Waals surface area contributed by atoms with Gasteiger partial charge in [0.2, 0.25) is 0 Å². The Hall–Kier alpha value is -2.63. The monoisotopic (exact) mass is 313 g/mol. The largest absolute Gasteiger partial charge is 0.466 e. The first-order valence-electron chi connectivity index (χ1n) is 7.48. The van der Waals surface area contributed by atoms with Gasteiger partial charge in [0.25, 0.3) is 11.6 Å². The second-order valence-electron chi connectivity index (χ2n) is 5.82. The Bertz CT molecular complexity index is 892. The van der Waals surface area contributed by atoms with E-state index in [1.807, 2.05) is 33.8 Å². The zero-order chi connectivity index (χ0) is 16.7. The standard InChI is InChI=1S/C17H19N3O3/c1-8-6-14(15-11(4)20-23-17(15)18-8)16(21)19-10(3)13-7-9(2)22-12(13)5/h6-7,10H,1-5H3,(H,19,21). The number of carbonyl (C=O) groups is 1. The Kier molecular flexibility index (Phi) is 3.67. The third-order valence-corrected chi connectivity index (χ3v) is 3.88. The minimum atomic E-state index is -0.183. The first-order chi connectivity index (χ1) is 10.9. The topological polar surface area (TPSA) is 81.2 Å². The second kappa shape index (κ2) is 5.53. The Balaban J connectivity index is 1.95. The molecule has 0 aliphatic heterocycles. The molecule has 0 radical (unpaired) electrons. The van der Waals surface area contributed by atoms with E-state index < -0.39 is 0 Å². The van der Waals surface area contributed by atoms with Crippen molar-refractivity contribution in [3.8, 4) is 0 Å². The van der Waals surface area contributed by atoms with Gasteiger partial charge in [-0.3, -0.25) is 4.79 Å². The van der Waals surface area contributed by atoms with Crippen LogP contribution in [0.25, 0.3) is 11.1 Å². The van der Waals surface area contributed by atoms with Gasteiger partial charge in [0.1, 0.15) is 11.5 Å². The number of amides is 1. The number of furan rings is 1. The van der Waals surface area contributed by atoms with Gasteiger partial charge in [-0.05, 0) is 46.8 Å². The number of nitrogens with zero attached hydrogens (tertiary/aromatic N) is 2. The van der Waals surface area contributed by atoms with Crippen LogP contribution >= 0.6 is 0 Å². The molecule has 0 fully saturated rings. The summed E-state index contributed by atoms with van der Waals surface area (Å²) in [5, 5.41) is 7.56. The summed E-state index contributed by atoms with van der Waals surface area (Å²) in [5.41, 5.74) is 3.24. The molecule has 3 aromatic heterocycles. The Morgan fingerprint density at radius 3 is 2.61 bits per heavy atom. The van der Waals surface area contributed by atoms with Crippen LogP contribution in [0.15, 0.2) is 21.1 Å². The zero-order valence-corrected chi connectivity index (χ0v) is 13.9. The predicted molar refractivity (Wildman–Crippen MR) is 85.3 cm³/mol. The number of fused-ring (bicyclic) bond motifs is 1. The molecule has 0 aliphatic carbocycles. The van der Waals surface area contributed by atoms with Gasteiger partial charge < -0.3 is 14.3 Å². The lowest BCUT2D eigenvalue weighted by atomic mass is 10.1. The molecule has 0 aromatic carbocycles. The van der Waals surface area contributed by atoms with Crippen molar-refractivity contribution in [3.63, 3.8) is 0 Å². The average molecular weight is 313 g/mol. The second-order valence-corrected chi connectivity index (χ2v) is 5.82. The summed E-state index contributed by atoms with van der Waals surface area (Å²) >= 11 is 0. The molecule has 3 rings (SSSR count). The number of hydrogen-bond acceptors (Lipinski definition) is 5. The van der Waals surface area contributed by atoms with Gasteiger partial charge >= 0.3 is 0 Å². The molecule has 120 valence electrons. The number of carbonyl (C=O) groups excluding carboxylic acids is 1. The first-order valence-corrected chi connectivity index (χ1v) is 7.48.